The van der Waals surface area contributed by atoms with Gasteiger partial charge in [0.2, 0.25) is 0 Å². The number of hydrogen-bond acceptors (Lipinski definition) is 4. The summed E-state index contributed by atoms with van der Waals surface area (Å²) in [5.74, 6) is 0.811. The summed E-state index contributed by atoms with van der Waals surface area (Å²) in [6.07, 6.45) is 0.375. The Kier molecular flexibility index (Phi) is 12.3. The Morgan fingerprint density at radius 1 is 1.26 bits per heavy atom. The van der Waals surface area contributed by atoms with Gasteiger partial charge < -0.3 is 20.1 Å². The minimum absolute atomic E-state index is 0. The molecule has 0 saturated heterocycles. The molecule has 0 saturated carbocycles. The molecule has 0 aliphatic rings. The molecule has 1 aromatic carbocycles. The minimum Gasteiger partial charge on any atom is -0.389 e. The van der Waals surface area contributed by atoms with Crippen molar-refractivity contribution in [2.45, 2.75) is 26.1 Å². The summed E-state index contributed by atoms with van der Waals surface area (Å²) in [7, 11) is 2.02. The molecule has 5 nitrogen and oxygen atoms in total. The number of aliphatic imine (C=N–C) groups is 1. The highest BCUT2D eigenvalue weighted by molar-refractivity contribution is 14.0. The number of benzene rings is 1. The highest BCUT2D eigenvalue weighted by atomic mass is 127. The number of nitrogens with zero attached hydrogens (tertiary/aromatic N) is 2. The number of nitrogens with one attached hydrogen (secondary N) is 1. The molecule has 0 radical (unpaired) electrons. The van der Waals surface area contributed by atoms with Crippen LogP contribution < -0.4 is 5.32 Å². The Balaban J connectivity index is 0.00000364. The molecule has 150 valence electrons. The largest absolute Gasteiger partial charge is 0.389 e. The summed E-state index contributed by atoms with van der Waals surface area (Å²) in [5.41, 5.74) is 1.10. The van der Waals surface area contributed by atoms with E-state index in [1.807, 2.05) is 44.3 Å². The molecule has 0 bridgehead atoms. The molecular formula is C20H30IN3O2S. The molecule has 0 amide bonds. The molecule has 1 aromatic heterocycles. The quantitative estimate of drug-likeness (QED) is 0.297. The maximum atomic E-state index is 10.1. The summed E-state index contributed by atoms with van der Waals surface area (Å²) in [6.45, 7) is 4.82. The van der Waals surface area contributed by atoms with E-state index >= 15 is 0 Å². The number of likely N-dealkylation sites (N-methyl/N-ethyl adjacent to an activating group) is 1. The van der Waals surface area contributed by atoms with Crippen molar-refractivity contribution < 1.29 is 9.84 Å². The Labute approximate surface area is 183 Å². The monoisotopic (exact) mass is 503 g/mol. The summed E-state index contributed by atoms with van der Waals surface area (Å²) in [4.78, 5) is 8.00. The molecule has 1 atom stereocenters. The van der Waals surface area contributed by atoms with Crippen molar-refractivity contribution >= 4 is 41.3 Å². The average Bonchev–Trinajstić information content (AvgIpc) is 3.17. The molecule has 7 heteroatoms. The fourth-order valence-electron chi connectivity index (χ4n) is 2.44. The molecule has 27 heavy (non-hydrogen) atoms. The topological polar surface area (TPSA) is 57.1 Å². The predicted molar refractivity (Wildman–Crippen MR) is 124 cm³/mol. The molecule has 2 aromatic rings. The molecule has 2 rings (SSSR count). The van der Waals surface area contributed by atoms with Crippen LogP contribution in [0, 0.1) is 0 Å². The van der Waals surface area contributed by atoms with E-state index in [0.717, 1.165) is 31.0 Å². The Morgan fingerprint density at radius 2 is 2.04 bits per heavy atom. The Hall–Kier alpha value is -1.16. The SMILES string of the molecule is CCNC(=NCC(O)COCc1ccccc1)N(C)CCc1cccs1.I. The minimum atomic E-state index is -0.613. The first-order chi connectivity index (χ1) is 12.7. The van der Waals surface area contributed by atoms with Crippen molar-refractivity contribution in [3.8, 4) is 0 Å². The lowest BCUT2D eigenvalue weighted by Crippen LogP contribution is -2.40. The molecule has 2 N–H and O–H groups in total. The van der Waals surface area contributed by atoms with Gasteiger partial charge in [-0.3, -0.25) is 4.99 Å². The summed E-state index contributed by atoms with van der Waals surface area (Å²) >= 11 is 1.77. The van der Waals surface area contributed by atoms with E-state index < -0.39 is 6.10 Å². The summed E-state index contributed by atoms with van der Waals surface area (Å²) in [6, 6.07) is 14.2. The smallest absolute Gasteiger partial charge is 0.193 e. The number of hydrogen-bond donors (Lipinski definition) is 2. The average molecular weight is 503 g/mol. The number of guanidine groups is 1. The number of aliphatic hydroxyl groups is 1. The van der Waals surface area contributed by atoms with Gasteiger partial charge in [0.25, 0.3) is 0 Å². The van der Waals surface area contributed by atoms with E-state index in [-0.39, 0.29) is 30.6 Å². The van der Waals surface area contributed by atoms with E-state index in [9.17, 15) is 5.11 Å². The first kappa shape index (κ1) is 23.9. The van der Waals surface area contributed by atoms with Crippen LogP contribution in [0.1, 0.15) is 17.4 Å². The van der Waals surface area contributed by atoms with E-state index in [2.05, 4.69) is 32.7 Å². The van der Waals surface area contributed by atoms with Crippen molar-refractivity contribution in [3.63, 3.8) is 0 Å². The number of ether oxygens (including phenoxy) is 1. The Morgan fingerprint density at radius 3 is 2.70 bits per heavy atom. The van der Waals surface area contributed by atoms with Gasteiger partial charge >= 0.3 is 0 Å². The number of aliphatic hydroxyl groups excluding tert-OH is 1. The number of rotatable bonds is 10. The van der Waals surface area contributed by atoms with E-state index in [4.69, 9.17) is 4.74 Å². The molecule has 0 spiro atoms. The van der Waals surface area contributed by atoms with Gasteiger partial charge in [0.1, 0.15) is 0 Å². The zero-order valence-electron chi connectivity index (χ0n) is 16.0. The lowest BCUT2D eigenvalue weighted by molar-refractivity contribution is 0.0330. The van der Waals surface area contributed by atoms with Crippen molar-refractivity contribution in [2.24, 2.45) is 4.99 Å². The molecular weight excluding hydrogens is 473 g/mol. The van der Waals surface area contributed by atoms with E-state index in [1.54, 1.807) is 11.3 Å². The van der Waals surface area contributed by atoms with Gasteiger partial charge in [-0.2, -0.15) is 0 Å². The zero-order valence-corrected chi connectivity index (χ0v) is 19.2. The van der Waals surface area contributed by atoms with Gasteiger partial charge in [-0.05, 0) is 30.4 Å². The number of halogens is 1. The van der Waals surface area contributed by atoms with Gasteiger partial charge in [0, 0.05) is 25.0 Å². The van der Waals surface area contributed by atoms with Crippen LogP contribution in [0.5, 0.6) is 0 Å². The highest BCUT2D eigenvalue weighted by Crippen LogP contribution is 2.09. The summed E-state index contributed by atoms with van der Waals surface area (Å²) < 4.78 is 5.58. The van der Waals surface area contributed by atoms with E-state index in [0.29, 0.717) is 13.2 Å². The second-order valence-corrected chi connectivity index (χ2v) is 7.13. The third kappa shape index (κ3) is 9.55. The van der Waals surface area contributed by atoms with Crippen molar-refractivity contribution in [2.75, 3.05) is 33.3 Å². The predicted octanol–water partition coefficient (Wildman–Crippen LogP) is 3.38. The number of thiophene rings is 1. The van der Waals surface area contributed by atoms with E-state index in [1.165, 1.54) is 4.88 Å². The van der Waals surface area contributed by atoms with Crippen molar-refractivity contribution in [3.05, 3.63) is 58.3 Å². The van der Waals surface area contributed by atoms with Gasteiger partial charge in [-0.15, -0.1) is 35.3 Å². The molecule has 0 fully saturated rings. The maximum Gasteiger partial charge on any atom is 0.193 e. The summed E-state index contributed by atoms with van der Waals surface area (Å²) in [5, 5.41) is 15.5. The molecule has 1 heterocycles. The van der Waals surface area contributed by atoms with Crippen LogP contribution in [0.4, 0.5) is 0 Å². The highest BCUT2D eigenvalue weighted by Gasteiger charge is 2.09. The molecule has 1 unspecified atom stereocenters. The zero-order chi connectivity index (χ0) is 18.6. The van der Waals surface area contributed by atoms with Crippen molar-refractivity contribution in [1.29, 1.82) is 0 Å². The fraction of sp³-hybridized carbons (Fsp3) is 0.450. The fourth-order valence-corrected chi connectivity index (χ4v) is 3.14. The first-order valence-corrected chi connectivity index (χ1v) is 9.88. The van der Waals surface area contributed by atoms with Crippen molar-refractivity contribution in [1.82, 2.24) is 10.2 Å². The third-order valence-corrected chi connectivity index (χ3v) is 4.78. The van der Waals surface area contributed by atoms with Crippen LogP contribution in [-0.2, 0) is 17.8 Å². The molecule has 0 aliphatic heterocycles. The standard InChI is InChI=1S/C20H29N3O2S.HI/c1-3-21-20(23(2)12-11-19-10-7-13-26-19)22-14-18(24)16-25-15-17-8-5-4-6-9-17;/h4-10,13,18,24H,3,11-12,14-16H2,1-2H3,(H,21,22);1H. The second-order valence-electron chi connectivity index (χ2n) is 6.10. The van der Waals surface area contributed by atoms with Gasteiger partial charge in [0.15, 0.2) is 5.96 Å². The lowest BCUT2D eigenvalue weighted by atomic mass is 10.2. The van der Waals surface area contributed by atoms with Crippen LogP contribution in [0.25, 0.3) is 0 Å². The third-order valence-electron chi connectivity index (χ3n) is 3.84. The van der Waals surface area contributed by atoms with Crippen LogP contribution in [0.2, 0.25) is 0 Å². The maximum absolute atomic E-state index is 10.1. The molecule has 0 aliphatic carbocycles. The van der Waals surface area contributed by atoms with Crippen LogP contribution in [-0.4, -0.2) is 55.4 Å². The first-order valence-electron chi connectivity index (χ1n) is 9.00. The normalized spacial score (nSPS) is 12.3. The van der Waals surface area contributed by atoms with Crippen LogP contribution >= 0.6 is 35.3 Å². The Bertz CT molecular complexity index is 638. The second kappa shape index (κ2) is 13.9. The van der Waals surface area contributed by atoms with Gasteiger partial charge in [-0.1, -0.05) is 36.4 Å². The van der Waals surface area contributed by atoms with Crippen LogP contribution in [0.15, 0.2) is 52.8 Å². The van der Waals surface area contributed by atoms with Gasteiger partial charge in [-0.25, -0.2) is 0 Å². The lowest BCUT2D eigenvalue weighted by Gasteiger charge is -2.22. The van der Waals surface area contributed by atoms with Gasteiger partial charge in [0.05, 0.1) is 25.9 Å². The van der Waals surface area contributed by atoms with Crippen LogP contribution in [0.3, 0.4) is 0 Å².